The number of hydrogen-bond acceptors (Lipinski definition) is 4. The summed E-state index contributed by atoms with van der Waals surface area (Å²) in [5.74, 6) is -0.811. The molecule has 1 saturated heterocycles. The van der Waals surface area contributed by atoms with Gasteiger partial charge in [-0.15, -0.1) is 6.10 Å². The van der Waals surface area contributed by atoms with E-state index in [4.69, 9.17) is 9.47 Å². The quantitative estimate of drug-likeness (QED) is 0.327. The fraction of sp³-hybridized carbons (Fsp3) is 0.727. The first-order valence-corrected chi connectivity index (χ1v) is 5.12. The van der Waals surface area contributed by atoms with Crippen LogP contribution in [0.2, 0.25) is 0 Å². The summed E-state index contributed by atoms with van der Waals surface area (Å²) in [6.07, 6.45) is 0.913. The number of rotatable bonds is 3. The third-order valence-corrected chi connectivity index (χ3v) is 2.70. The second-order valence-electron chi connectivity index (χ2n) is 4.46. The fourth-order valence-corrected chi connectivity index (χ4v) is 1.15. The van der Waals surface area contributed by atoms with Gasteiger partial charge in [0.15, 0.2) is 6.10 Å². The molecule has 1 atom stereocenters. The van der Waals surface area contributed by atoms with Crippen LogP contribution in [-0.4, -0.2) is 18.0 Å². The monoisotopic (exact) mass is 747 g/mol. The van der Waals surface area contributed by atoms with E-state index in [-0.39, 0.29) is 5.97 Å². The number of hydrogen-bond donors (Lipinski definition) is 0. The minimum Gasteiger partial charge on any atom is -0.631 e. The first-order chi connectivity index (χ1) is 6.86. The Bertz CT molecular complexity index is 279. The maximum absolute atomic E-state index is 11.7. The SMILES string of the molecule is CCC(C)(C)C(=O)OC1C[C-](C)OC1=O.[Rf].[Rf]. The van der Waals surface area contributed by atoms with Crippen LogP contribution in [0.25, 0.3) is 0 Å². The molecule has 0 aromatic carbocycles. The molecule has 0 amide bonds. The standard InChI is InChI=1S/C11H17O4.2Rf/c1-5-11(3,4)10(13)15-8-6-7(2)14-9(8)12;;/h8H,5-6H2,1-4H3;;/q-1;;. The van der Waals surface area contributed by atoms with Crippen LogP contribution in [0, 0.1) is 11.5 Å². The number of cyclic esters (lactones) is 1. The zero-order valence-electron chi connectivity index (χ0n) is 11.0. The summed E-state index contributed by atoms with van der Waals surface area (Å²) < 4.78 is 9.94. The zero-order chi connectivity index (χ0) is 11.6. The van der Waals surface area contributed by atoms with Gasteiger partial charge in [-0.1, -0.05) is 13.3 Å². The molecule has 90 valence electrons. The first kappa shape index (κ1) is 16.4. The summed E-state index contributed by atoms with van der Waals surface area (Å²) in [5.41, 5.74) is -0.545. The van der Waals surface area contributed by atoms with Gasteiger partial charge in [0.2, 0.25) is 0 Å². The Labute approximate surface area is 89.9 Å². The average molecular weight is 747 g/mol. The molecule has 0 N–H and O–H groups in total. The van der Waals surface area contributed by atoms with Crippen molar-refractivity contribution >= 4 is 11.9 Å². The van der Waals surface area contributed by atoms with E-state index in [0.717, 1.165) is 0 Å². The molecule has 0 aromatic heterocycles. The summed E-state index contributed by atoms with van der Waals surface area (Å²) in [6.45, 7) is 7.21. The molecule has 17 heavy (non-hydrogen) atoms. The molecule has 1 unspecified atom stereocenters. The molecule has 6 heteroatoms. The van der Waals surface area contributed by atoms with Crippen LogP contribution in [0.5, 0.6) is 0 Å². The normalized spacial score (nSPS) is 20.0. The van der Waals surface area contributed by atoms with Gasteiger partial charge in [-0.3, -0.25) is 9.59 Å². The smallest absolute Gasteiger partial charge is 0.313 e. The summed E-state index contributed by atoms with van der Waals surface area (Å²) in [6, 6.07) is 0. The number of esters is 2. The molecule has 1 fully saturated rings. The van der Waals surface area contributed by atoms with Gasteiger partial charge in [-0.2, -0.15) is 6.92 Å². The van der Waals surface area contributed by atoms with Crippen LogP contribution in [-0.2, 0) is 19.1 Å². The summed E-state index contributed by atoms with van der Waals surface area (Å²) in [4.78, 5) is 22.9. The molecule has 0 radical (unpaired) electrons. The van der Waals surface area contributed by atoms with Crippen molar-refractivity contribution in [3.8, 4) is 0 Å². The molecule has 1 aliphatic rings. The van der Waals surface area contributed by atoms with Gasteiger partial charge in [0, 0.05) is 0 Å². The van der Waals surface area contributed by atoms with Crippen LogP contribution in [0.3, 0.4) is 0 Å². The molecule has 1 rings (SSSR count). The predicted octanol–water partition coefficient (Wildman–Crippen LogP) is 1.83. The van der Waals surface area contributed by atoms with Crippen molar-refractivity contribution in [2.24, 2.45) is 5.41 Å². The predicted molar refractivity (Wildman–Crippen MR) is 53.6 cm³/mol. The molecule has 4 nitrogen and oxygen atoms in total. The third kappa shape index (κ3) is 3.22. The van der Waals surface area contributed by atoms with Crippen LogP contribution in [0.1, 0.15) is 40.5 Å². The van der Waals surface area contributed by atoms with E-state index in [1.54, 1.807) is 20.8 Å². The second-order valence-corrected chi connectivity index (χ2v) is 4.46. The maximum Gasteiger partial charge on any atom is 0.313 e. The molecular weight excluding hydrogens is 730 g/mol. The van der Waals surface area contributed by atoms with E-state index in [9.17, 15) is 9.59 Å². The van der Waals surface area contributed by atoms with E-state index < -0.39 is 17.5 Å². The van der Waals surface area contributed by atoms with Gasteiger partial charge in [-0.05, 0) is 20.3 Å². The van der Waals surface area contributed by atoms with Gasteiger partial charge in [0.25, 0.3) is 0 Å². The zero-order valence-corrected chi connectivity index (χ0v) is 23.8. The van der Waals surface area contributed by atoms with Crippen molar-refractivity contribution in [3.05, 3.63) is 6.10 Å². The van der Waals surface area contributed by atoms with E-state index in [1.165, 1.54) is 0 Å². The minimum absolute atomic E-state index is 0. The van der Waals surface area contributed by atoms with Gasteiger partial charge < -0.3 is 9.47 Å². The summed E-state index contributed by atoms with van der Waals surface area (Å²) in [7, 11) is 0. The van der Waals surface area contributed by atoms with Crippen molar-refractivity contribution in [3.63, 3.8) is 0 Å². The number of ether oxygens (including phenoxy) is 2. The summed E-state index contributed by atoms with van der Waals surface area (Å²) in [5, 5.41) is 0. The Morgan fingerprint density at radius 1 is 1.53 bits per heavy atom. The van der Waals surface area contributed by atoms with Crippen LogP contribution in [0.15, 0.2) is 0 Å². The molecule has 0 bridgehead atoms. The molecule has 1 heterocycles. The molecule has 0 saturated carbocycles. The Balaban J connectivity index is 0. The molecular formula is C11H17O4Rf2-. The molecule has 0 aromatic rings. The largest absolute Gasteiger partial charge is 0.631 e. The van der Waals surface area contributed by atoms with Gasteiger partial charge >= 0.3 is 11.9 Å². The Kier molecular flexibility index (Phi) is 4.95. The van der Waals surface area contributed by atoms with Gasteiger partial charge in [0.05, 0.1) is 5.41 Å². The van der Waals surface area contributed by atoms with E-state index in [1.807, 2.05) is 6.92 Å². The third-order valence-electron chi connectivity index (χ3n) is 2.70. The van der Waals surface area contributed by atoms with Crippen molar-refractivity contribution in [1.82, 2.24) is 0 Å². The van der Waals surface area contributed by atoms with Crippen molar-refractivity contribution in [1.29, 1.82) is 0 Å². The van der Waals surface area contributed by atoms with E-state index in [0.29, 0.717) is 18.9 Å². The van der Waals surface area contributed by atoms with Gasteiger partial charge in [-0.25, -0.2) is 0 Å². The van der Waals surface area contributed by atoms with Crippen LogP contribution >= 0.6 is 0 Å². The average Bonchev–Trinajstić information content (AvgIpc) is 2.45. The Hall–Kier alpha value is -3.06. The Morgan fingerprint density at radius 2 is 2.06 bits per heavy atom. The molecule has 0 aliphatic carbocycles. The second kappa shape index (κ2) is 5.14. The van der Waals surface area contributed by atoms with Crippen molar-refractivity contribution in [2.45, 2.75) is 46.6 Å². The summed E-state index contributed by atoms with van der Waals surface area (Å²) >= 11 is 0. The van der Waals surface area contributed by atoms with E-state index >= 15 is 0 Å². The first-order valence-electron chi connectivity index (χ1n) is 5.12. The molecule has 0 spiro atoms. The number of carbonyl (C=O) groups is 2. The topological polar surface area (TPSA) is 52.6 Å². The molecule has 1 aliphatic heterocycles. The van der Waals surface area contributed by atoms with Crippen LogP contribution < -0.4 is 0 Å². The maximum atomic E-state index is 11.7. The Morgan fingerprint density at radius 3 is 2.41 bits per heavy atom. The van der Waals surface area contributed by atoms with Crippen molar-refractivity contribution in [2.75, 3.05) is 0 Å². The number of carbonyl (C=O) groups excluding carboxylic acids is 2. The fourth-order valence-electron chi connectivity index (χ4n) is 1.15. The van der Waals surface area contributed by atoms with E-state index in [2.05, 4.69) is 0 Å². The van der Waals surface area contributed by atoms with Crippen molar-refractivity contribution < 1.29 is 19.1 Å². The minimum atomic E-state index is -0.747. The van der Waals surface area contributed by atoms with Crippen LogP contribution in [0.4, 0.5) is 0 Å². The van der Waals surface area contributed by atoms with Gasteiger partial charge in [0.1, 0.15) is 0 Å².